The standard InChI is InChI=1S/C24H17Cl2N3O7S/c1-14-3-6-18(7-4-14)37(33,34)36-21-8-5-15(10-22(21)35-2)9-16(13-27)24(30)28-23-19(25)11-17(29(31)32)12-20(23)26/h3-12H,1-2H3,(H,28,30)/b16-9+. The minimum absolute atomic E-state index is 0.0311. The van der Waals surface area contributed by atoms with Gasteiger partial charge in [0, 0.05) is 12.1 Å². The molecule has 0 radical (unpaired) electrons. The van der Waals surface area contributed by atoms with Crippen molar-refractivity contribution < 1.29 is 27.1 Å². The summed E-state index contributed by atoms with van der Waals surface area (Å²) >= 11 is 12.0. The predicted octanol–water partition coefficient (Wildman–Crippen LogP) is 5.53. The molecule has 1 N–H and O–H groups in total. The first-order chi connectivity index (χ1) is 17.4. The smallest absolute Gasteiger partial charge is 0.339 e. The van der Waals surface area contributed by atoms with Crippen LogP contribution in [0.1, 0.15) is 11.1 Å². The van der Waals surface area contributed by atoms with E-state index in [1.54, 1.807) is 18.2 Å². The average molecular weight is 562 g/mol. The quantitative estimate of drug-likeness (QED) is 0.124. The molecule has 10 nitrogen and oxygen atoms in total. The normalized spacial score (nSPS) is 11.4. The van der Waals surface area contributed by atoms with Crippen molar-refractivity contribution in [2.24, 2.45) is 0 Å². The van der Waals surface area contributed by atoms with Gasteiger partial charge in [-0.05, 0) is 42.8 Å². The number of nitrogens with one attached hydrogen (secondary N) is 1. The Balaban J connectivity index is 1.87. The van der Waals surface area contributed by atoms with Gasteiger partial charge in [-0.15, -0.1) is 0 Å². The molecule has 0 aromatic heterocycles. The second-order valence-corrected chi connectivity index (χ2v) is 9.79. The number of nitrogens with zero attached hydrogens (tertiary/aromatic N) is 2. The minimum atomic E-state index is -4.15. The van der Waals surface area contributed by atoms with E-state index in [9.17, 15) is 28.6 Å². The Labute approximate surface area is 221 Å². The lowest BCUT2D eigenvalue weighted by atomic mass is 10.1. The number of carbonyl (C=O) groups is 1. The zero-order chi connectivity index (χ0) is 27.3. The fraction of sp³-hybridized carbons (Fsp3) is 0.0833. The Morgan fingerprint density at radius 1 is 1.08 bits per heavy atom. The van der Waals surface area contributed by atoms with Gasteiger partial charge in [0.1, 0.15) is 16.5 Å². The van der Waals surface area contributed by atoms with Crippen LogP contribution in [-0.4, -0.2) is 26.4 Å². The van der Waals surface area contributed by atoms with E-state index in [2.05, 4.69) is 5.32 Å². The molecule has 0 heterocycles. The second kappa shape index (κ2) is 11.3. The summed E-state index contributed by atoms with van der Waals surface area (Å²) in [5.41, 5.74) is 0.340. The molecular weight excluding hydrogens is 545 g/mol. The molecule has 0 atom stereocenters. The highest BCUT2D eigenvalue weighted by Crippen LogP contribution is 2.35. The fourth-order valence-corrected chi connectivity index (χ4v) is 4.50. The molecule has 0 saturated carbocycles. The molecule has 3 aromatic carbocycles. The molecule has 0 bridgehead atoms. The van der Waals surface area contributed by atoms with Crippen molar-refractivity contribution in [3.63, 3.8) is 0 Å². The fourth-order valence-electron chi connectivity index (χ4n) is 2.99. The summed E-state index contributed by atoms with van der Waals surface area (Å²) in [7, 11) is -2.85. The molecule has 0 spiro atoms. The lowest BCUT2D eigenvalue weighted by molar-refractivity contribution is -0.384. The third-order valence-corrected chi connectivity index (χ3v) is 6.69. The van der Waals surface area contributed by atoms with E-state index >= 15 is 0 Å². The first kappa shape index (κ1) is 27.5. The van der Waals surface area contributed by atoms with Crippen LogP contribution in [0, 0.1) is 28.4 Å². The average Bonchev–Trinajstić information content (AvgIpc) is 2.85. The SMILES string of the molecule is COc1cc(/C=C(\C#N)C(=O)Nc2c(Cl)cc([N+](=O)[O-])cc2Cl)ccc1OS(=O)(=O)c1ccc(C)cc1. The van der Waals surface area contributed by atoms with Gasteiger partial charge in [0.25, 0.3) is 11.6 Å². The highest BCUT2D eigenvalue weighted by Gasteiger charge is 2.21. The number of nitriles is 1. The number of hydrogen-bond donors (Lipinski definition) is 1. The maximum absolute atomic E-state index is 12.7. The summed E-state index contributed by atoms with van der Waals surface area (Å²) in [6.07, 6.45) is 1.21. The van der Waals surface area contributed by atoms with Crippen molar-refractivity contribution in [1.29, 1.82) is 5.26 Å². The van der Waals surface area contributed by atoms with Gasteiger partial charge in [-0.25, -0.2) is 0 Å². The minimum Gasteiger partial charge on any atom is -0.493 e. The van der Waals surface area contributed by atoms with Crippen LogP contribution in [0.4, 0.5) is 11.4 Å². The lowest BCUT2D eigenvalue weighted by Gasteiger charge is -2.12. The van der Waals surface area contributed by atoms with Crippen LogP contribution in [0.2, 0.25) is 10.0 Å². The summed E-state index contributed by atoms with van der Waals surface area (Å²) in [5, 5.41) is 22.4. The van der Waals surface area contributed by atoms with Crippen molar-refractivity contribution in [3.8, 4) is 17.6 Å². The third-order valence-electron chi connectivity index (χ3n) is 4.85. The van der Waals surface area contributed by atoms with E-state index in [-0.39, 0.29) is 43.4 Å². The van der Waals surface area contributed by atoms with Crippen LogP contribution in [0.3, 0.4) is 0 Å². The zero-order valence-corrected chi connectivity index (χ0v) is 21.5. The van der Waals surface area contributed by atoms with Gasteiger partial charge in [-0.1, -0.05) is 47.0 Å². The molecule has 1 amide bonds. The Morgan fingerprint density at radius 2 is 1.70 bits per heavy atom. The Kier molecular flexibility index (Phi) is 8.39. The van der Waals surface area contributed by atoms with Crippen LogP contribution in [-0.2, 0) is 14.9 Å². The van der Waals surface area contributed by atoms with Gasteiger partial charge < -0.3 is 14.2 Å². The highest BCUT2D eigenvalue weighted by molar-refractivity contribution is 7.87. The van der Waals surface area contributed by atoms with Crippen LogP contribution < -0.4 is 14.2 Å². The molecule has 0 aliphatic rings. The van der Waals surface area contributed by atoms with Crippen molar-refractivity contribution in [2.45, 2.75) is 11.8 Å². The van der Waals surface area contributed by atoms with Crippen LogP contribution in [0.15, 0.2) is 65.1 Å². The van der Waals surface area contributed by atoms with E-state index in [0.29, 0.717) is 5.56 Å². The monoisotopic (exact) mass is 561 g/mol. The van der Waals surface area contributed by atoms with E-state index in [1.807, 2.05) is 6.92 Å². The van der Waals surface area contributed by atoms with Crippen molar-refractivity contribution in [3.05, 3.63) is 91.5 Å². The Bertz CT molecular complexity index is 1540. The summed E-state index contributed by atoms with van der Waals surface area (Å²) < 4.78 is 35.7. The first-order valence-electron chi connectivity index (χ1n) is 10.2. The molecule has 3 rings (SSSR count). The number of amides is 1. The number of rotatable bonds is 8. The van der Waals surface area contributed by atoms with Crippen molar-refractivity contribution in [2.75, 3.05) is 12.4 Å². The molecule has 0 saturated heterocycles. The van der Waals surface area contributed by atoms with Gasteiger partial charge in [0.2, 0.25) is 0 Å². The third kappa shape index (κ3) is 6.56. The molecule has 0 fully saturated rings. The number of aryl methyl sites for hydroxylation is 1. The zero-order valence-electron chi connectivity index (χ0n) is 19.2. The van der Waals surface area contributed by atoms with E-state index in [0.717, 1.165) is 17.7 Å². The summed E-state index contributed by atoms with van der Waals surface area (Å²) in [5.74, 6) is -0.961. The highest BCUT2D eigenvalue weighted by atomic mass is 35.5. The number of carbonyl (C=O) groups excluding carboxylic acids is 1. The summed E-state index contributed by atoms with van der Waals surface area (Å²) in [6.45, 7) is 1.82. The molecular formula is C24H17Cl2N3O7S. The van der Waals surface area contributed by atoms with E-state index in [1.165, 1.54) is 43.5 Å². The second-order valence-electron chi connectivity index (χ2n) is 7.43. The Morgan fingerprint density at radius 3 is 2.24 bits per heavy atom. The van der Waals surface area contributed by atoms with Crippen LogP contribution >= 0.6 is 23.2 Å². The van der Waals surface area contributed by atoms with Crippen molar-refractivity contribution in [1.82, 2.24) is 0 Å². The topological polar surface area (TPSA) is 149 Å². The number of benzene rings is 3. The number of hydrogen-bond acceptors (Lipinski definition) is 8. The van der Waals surface area contributed by atoms with Gasteiger partial charge in [-0.3, -0.25) is 14.9 Å². The molecule has 0 unspecified atom stereocenters. The first-order valence-corrected chi connectivity index (χ1v) is 12.4. The summed E-state index contributed by atoms with van der Waals surface area (Å²) in [6, 6.07) is 13.9. The van der Waals surface area contributed by atoms with Crippen LogP contribution in [0.25, 0.3) is 6.08 Å². The molecule has 37 heavy (non-hydrogen) atoms. The predicted molar refractivity (Wildman–Crippen MR) is 137 cm³/mol. The number of anilines is 1. The van der Waals surface area contributed by atoms with Gasteiger partial charge >= 0.3 is 10.1 Å². The molecule has 3 aromatic rings. The molecule has 0 aliphatic carbocycles. The Hall–Kier alpha value is -4.11. The molecule has 0 aliphatic heterocycles. The number of nitro groups is 1. The molecule has 190 valence electrons. The van der Waals surface area contributed by atoms with E-state index < -0.39 is 20.9 Å². The lowest BCUT2D eigenvalue weighted by Crippen LogP contribution is -2.14. The molecule has 13 heteroatoms. The number of nitro benzene ring substituents is 1. The van der Waals surface area contributed by atoms with Gasteiger partial charge in [0.05, 0.1) is 27.8 Å². The number of ether oxygens (including phenoxy) is 1. The number of halogens is 2. The van der Waals surface area contributed by atoms with Gasteiger partial charge in [-0.2, -0.15) is 13.7 Å². The largest absolute Gasteiger partial charge is 0.493 e. The van der Waals surface area contributed by atoms with Crippen molar-refractivity contribution >= 4 is 56.7 Å². The maximum Gasteiger partial charge on any atom is 0.339 e. The van der Waals surface area contributed by atoms with E-state index in [4.69, 9.17) is 32.1 Å². The number of methoxy groups -OCH3 is 1. The maximum atomic E-state index is 12.7. The number of non-ortho nitro benzene ring substituents is 1. The summed E-state index contributed by atoms with van der Waals surface area (Å²) in [4.78, 5) is 22.9. The van der Waals surface area contributed by atoms with Crippen LogP contribution in [0.5, 0.6) is 11.5 Å². The van der Waals surface area contributed by atoms with Gasteiger partial charge in [0.15, 0.2) is 11.5 Å².